The minimum atomic E-state index is 0.347. The Balaban J connectivity index is 1.86. The Morgan fingerprint density at radius 3 is 2.40 bits per heavy atom. The van der Waals surface area contributed by atoms with Gasteiger partial charge in [-0.3, -0.25) is 4.98 Å². The third-order valence-electron chi connectivity index (χ3n) is 3.80. The second kappa shape index (κ2) is 8.26. The average molecular weight is 392 g/mol. The molecular weight excluding hydrogens is 373 g/mol. The van der Waals surface area contributed by atoms with Gasteiger partial charge in [-0.25, -0.2) is 4.98 Å². The van der Waals surface area contributed by atoms with E-state index in [1.54, 1.807) is 17.8 Å². The van der Waals surface area contributed by atoms with Gasteiger partial charge >= 0.3 is 0 Å². The zero-order valence-electron chi connectivity index (χ0n) is 14.1. The minimum absolute atomic E-state index is 0.347. The molecule has 1 aromatic carbocycles. The zero-order valence-corrected chi connectivity index (χ0v) is 16.4. The number of halogens is 2. The van der Waals surface area contributed by atoms with E-state index in [0.717, 1.165) is 28.6 Å². The van der Waals surface area contributed by atoms with Gasteiger partial charge < -0.3 is 4.57 Å². The molecule has 0 amide bonds. The monoisotopic (exact) mass is 391 g/mol. The summed E-state index contributed by atoms with van der Waals surface area (Å²) in [5, 5.41) is 2.43. The van der Waals surface area contributed by atoms with E-state index in [1.165, 1.54) is 5.56 Å². The molecule has 0 fully saturated rings. The van der Waals surface area contributed by atoms with Crippen molar-refractivity contribution in [3.63, 3.8) is 0 Å². The molecule has 0 saturated heterocycles. The van der Waals surface area contributed by atoms with Gasteiger partial charge in [-0.05, 0) is 48.2 Å². The quantitative estimate of drug-likeness (QED) is 0.508. The maximum atomic E-state index is 6.15. The van der Waals surface area contributed by atoms with Crippen LogP contribution in [-0.4, -0.2) is 14.5 Å². The van der Waals surface area contributed by atoms with Gasteiger partial charge in [0.15, 0.2) is 0 Å². The Labute approximate surface area is 162 Å². The van der Waals surface area contributed by atoms with Gasteiger partial charge in [0.1, 0.15) is 5.03 Å². The van der Waals surface area contributed by atoms with Crippen molar-refractivity contribution >= 4 is 35.0 Å². The summed E-state index contributed by atoms with van der Waals surface area (Å²) in [6.07, 6.45) is 6.50. The van der Waals surface area contributed by atoms with E-state index < -0.39 is 0 Å². The molecule has 130 valence electrons. The number of pyridine rings is 1. The molecule has 0 bridgehead atoms. The molecule has 0 saturated carbocycles. The highest BCUT2D eigenvalue weighted by Gasteiger charge is 2.16. The number of aromatic nitrogens is 3. The fraction of sp³-hybridized carbons (Fsp3) is 0.263. The molecule has 3 rings (SSSR count). The number of hydrogen-bond donors (Lipinski definition) is 0. The van der Waals surface area contributed by atoms with E-state index >= 15 is 0 Å². The first kappa shape index (κ1) is 18.3. The summed E-state index contributed by atoms with van der Waals surface area (Å²) in [4.78, 5) is 9.72. The van der Waals surface area contributed by atoms with E-state index in [1.807, 2.05) is 43.0 Å². The summed E-state index contributed by atoms with van der Waals surface area (Å²) >= 11 is 14.0. The maximum absolute atomic E-state index is 6.15. The minimum Gasteiger partial charge on any atom is -0.325 e. The molecule has 0 aliphatic heterocycles. The molecule has 25 heavy (non-hydrogen) atoms. The third kappa shape index (κ3) is 4.78. The van der Waals surface area contributed by atoms with Gasteiger partial charge in [0.05, 0.1) is 12.0 Å². The fourth-order valence-corrected chi connectivity index (χ4v) is 4.45. The number of benzene rings is 1. The van der Waals surface area contributed by atoms with Crippen molar-refractivity contribution in [1.82, 2.24) is 14.5 Å². The molecule has 0 spiro atoms. The molecule has 3 aromatic rings. The average Bonchev–Trinajstić information content (AvgIpc) is 2.96. The molecule has 2 aromatic heterocycles. The smallest absolute Gasteiger partial charge is 0.103 e. The maximum Gasteiger partial charge on any atom is 0.103 e. The molecule has 0 radical (unpaired) electrons. The Bertz CT molecular complexity index is 827. The highest BCUT2D eigenvalue weighted by molar-refractivity contribution is 7.99. The van der Waals surface area contributed by atoms with Crippen LogP contribution in [0.15, 0.2) is 59.0 Å². The second-order valence-electron chi connectivity index (χ2n) is 6.10. The molecule has 0 aliphatic rings. The van der Waals surface area contributed by atoms with Crippen LogP contribution in [0.2, 0.25) is 10.0 Å². The topological polar surface area (TPSA) is 30.7 Å². The molecule has 0 atom stereocenters. The van der Waals surface area contributed by atoms with Crippen LogP contribution in [0, 0.1) is 0 Å². The van der Waals surface area contributed by atoms with Crippen molar-refractivity contribution in [2.24, 2.45) is 0 Å². The van der Waals surface area contributed by atoms with Gasteiger partial charge in [0.2, 0.25) is 0 Å². The summed E-state index contributed by atoms with van der Waals surface area (Å²) in [6, 6.07) is 9.70. The molecule has 0 aliphatic carbocycles. The summed E-state index contributed by atoms with van der Waals surface area (Å²) in [5.41, 5.74) is 2.35. The van der Waals surface area contributed by atoms with Gasteiger partial charge in [0, 0.05) is 33.9 Å². The lowest BCUT2D eigenvalue weighted by Crippen LogP contribution is -2.03. The molecule has 2 heterocycles. The number of nitrogens with zero attached hydrogens (tertiary/aromatic N) is 3. The van der Waals surface area contributed by atoms with Crippen LogP contribution in [0.5, 0.6) is 0 Å². The highest BCUT2D eigenvalue weighted by Crippen LogP contribution is 2.36. The van der Waals surface area contributed by atoms with E-state index in [-0.39, 0.29) is 0 Å². The first-order valence-corrected chi connectivity index (χ1v) is 9.68. The van der Waals surface area contributed by atoms with E-state index in [9.17, 15) is 0 Å². The van der Waals surface area contributed by atoms with Crippen LogP contribution >= 0.6 is 35.0 Å². The molecule has 0 N–H and O–H groups in total. The number of imidazole rings is 1. The van der Waals surface area contributed by atoms with Crippen molar-refractivity contribution in [2.75, 3.05) is 0 Å². The van der Waals surface area contributed by atoms with Crippen LogP contribution in [0.3, 0.4) is 0 Å². The fourth-order valence-electron chi connectivity index (χ4n) is 2.55. The predicted octanol–water partition coefficient (Wildman–Crippen LogP) is 6.10. The van der Waals surface area contributed by atoms with Gasteiger partial charge in [0.25, 0.3) is 0 Å². The second-order valence-corrected chi connectivity index (χ2v) is 8.03. The molecule has 3 nitrogen and oxygen atoms in total. The SMILES string of the molecule is CC(C)c1ncn(CCc2ccncc2)c1Sc1cc(Cl)cc(Cl)c1. The standard InChI is InChI=1S/C19H19Cl2N3S/c1-13(2)18-19(25-17-10-15(20)9-16(21)11-17)24(12-23-18)8-5-14-3-6-22-7-4-14/h3-4,6-7,9-13H,5,8H2,1-2H3. The summed E-state index contributed by atoms with van der Waals surface area (Å²) in [5.74, 6) is 0.347. The summed E-state index contributed by atoms with van der Waals surface area (Å²) in [6.45, 7) is 5.18. The lowest BCUT2D eigenvalue weighted by molar-refractivity contribution is 0.637. The summed E-state index contributed by atoms with van der Waals surface area (Å²) < 4.78 is 2.20. The van der Waals surface area contributed by atoms with Crippen LogP contribution in [-0.2, 0) is 13.0 Å². The highest BCUT2D eigenvalue weighted by atomic mass is 35.5. The number of rotatable bonds is 6. The Kier molecular flexibility index (Phi) is 6.05. The van der Waals surface area contributed by atoms with Crippen LogP contribution < -0.4 is 0 Å². The molecule has 6 heteroatoms. The Hall–Kier alpha value is -1.49. The van der Waals surface area contributed by atoms with Gasteiger partial charge in [-0.1, -0.05) is 48.8 Å². The van der Waals surface area contributed by atoms with E-state index in [4.69, 9.17) is 23.2 Å². The number of hydrogen-bond acceptors (Lipinski definition) is 3. The predicted molar refractivity (Wildman–Crippen MR) is 105 cm³/mol. The van der Waals surface area contributed by atoms with E-state index in [2.05, 4.69) is 28.4 Å². The first-order valence-electron chi connectivity index (χ1n) is 8.11. The van der Waals surface area contributed by atoms with Crippen molar-refractivity contribution < 1.29 is 0 Å². The summed E-state index contributed by atoms with van der Waals surface area (Å²) in [7, 11) is 0. The third-order valence-corrected chi connectivity index (χ3v) is 5.35. The lowest BCUT2D eigenvalue weighted by Gasteiger charge is -2.12. The largest absolute Gasteiger partial charge is 0.325 e. The van der Waals surface area contributed by atoms with Crippen LogP contribution in [0.1, 0.15) is 31.0 Å². The van der Waals surface area contributed by atoms with Crippen molar-refractivity contribution in [3.8, 4) is 0 Å². The van der Waals surface area contributed by atoms with Crippen molar-refractivity contribution in [3.05, 3.63) is 70.4 Å². The van der Waals surface area contributed by atoms with Crippen LogP contribution in [0.25, 0.3) is 0 Å². The van der Waals surface area contributed by atoms with Gasteiger partial charge in [-0.15, -0.1) is 0 Å². The van der Waals surface area contributed by atoms with Crippen molar-refractivity contribution in [1.29, 1.82) is 0 Å². The lowest BCUT2D eigenvalue weighted by atomic mass is 10.1. The Morgan fingerprint density at radius 1 is 1.08 bits per heavy atom. The van der Waals surface area contributed by atoms with Crippen molar-refractivity contribution in [2.45, 2.75) is 42.7 Å². The molecular formula is C19H19Cl2N3S. The Morgan fingerprint density at radius 2 is 1.76 bits per heavy atom. The van der Waals surface area contributed by atoms with Crippen LogP contribution in [0.4, 0.5) is 0 Å². The first-order chi connectivity index (χ1) is 12.0. The molecule has 0 unspecified atom stereocenters. The number of aryl methyl sites for hydroxylation is 2. The zero-order chi connectivity index (χ0) is 17.8. The normalized spacial score (nSPS) is 11.2. The van der Waals surface area contributed by atoms with E-state index in [0.29, 0.717) is 16.0 Å². The van der Waals surface area contributed by atoms with Gasteiger partial charge in [-0.2, -0.15) is 0 Å².